The van der Waals surface area contributed by atoms with Crippen LogP contribution in [0.15, 0.2) is 42.5 Å². The first-order valence-corrected chi connectivity index (χ1v) is 7.28. The minimum absolute atomic E-state index is 0.209. The molecular formula is C17H19ClFN. The lowest BCUT2D eigenvalue weighted by Gasteiger charge is -2.15. The number of hydrogen-bond donors (Lipinski definition) is 1. The van der Waals surface area contributed by atoms with E-state index in [1.54, 1.807) is 12.1 Å². The average molecular weight is 292 g/mol. The molecule has 0 aromatic heterocycles. The topological polar surface area (TPSA) is 12.0 Å². The highest BCUT2D eigenvalue weighted by Gasteiger charge is 2.10. The lowest BCUT2D eigenvalue weighted by atomic mass is 9.99. The number of rotatable bonds is 5. The minimum atomic E-state index is -0.209. The molecule has 3 heteroatoms. The fourth-order valence-electron chi connectivity index (χ4n) is 2.14. The fraction of sp³-hybridized carbons (Fsp3) is 0.294. The van der Waals surface area contributed by atoms with Crippen molar-refractivity contribution in [2.75, 3.05) is 6.54 Å². The van der Waals surface area contributed by atoms with Crippen LogP contribution in [-0.4, -0.2) is 6.54 Å². The van der Waals surface area contributed by atoms with Crippen molar-refractivity contribution < 1.29 is 4.39 Å². The number of nitrogens with one attached hydrogen (secondary N) is 1. The standard InChI is InChI=1S/C17H19ClFN/c1-3-10-20-12(2)14-6-9-17(19)16(11-14)13-4-7-15(18)8-5-13/h4-9,11-12,20H,3,10H2,1-2H3. The van der Waals surface area contributed by atoms with Gasteiger partial charge < -0.3 is 5.32 Å². The summed E-state index contributed by atoms with van der Waals surface area (Å²) in [7, 11) is 0. The second-order valence-electron chi connectivity index (χ2n) is 4.92. The van der Waals surface area contributed by atoms with Crippen molar-refractivity contribution in [3.8, 4) is 11.1 Å². The summed E-state index contributed by atoms with van der Waals surface area (Å²) in [5.74, 6) is -0.209. The largest absolute Gasteiger partial charge is 0.310 e. The highest BCUT2D eigenvalue weighted by molar-refractivity contribution is 6.30. The summed E-state index contributed by atoms with van der Waals surface area (Å²) < 4.78 is 14.0. The predicted octanol–water partition coefficient (Wildman–Crippen LogP) is 5.21. The monoisotopic (exact) mass is 291 g/mol. The number of benzene rings is 2. The van der Waals surface area contributed by atoms with Gasteiger partial charge in [0, 0.05) is 16.6 Å². The molecule has 0 amide bonds. The predicted molar refractivity (Wildman–Crippen MR) is 83.6 cm³/mol. The van der Waals surface area contributed by atoms with Gasteiger partial charge in [-0.25, -0.2) is 4.39 Å². The first-order valence-electron chi connectivity index (χ1n) is 6.90. The third-order valence-electron chi connectivity index (χ3n) is 3.35. The Kier molecular flexibility index (Phi) is 5.16. The molecule has 20 heavy (non-hydrogen) atoms. The van der Waals surface area contributed by atoms with Crippen LogP contribution in [0.25, 0.3) is 11.1 Å². The van der Waals surface area contributed by atoms with Crippen LogP contribution >= 0.6 is 11.6 Å². The molecule has 0 saturated carbocycles. The second-order valence-corrected chi connectivity index (χ2v) is 5.36. The third kappa shape index (κ3) is 3.59. The van der Waals surface area contributed by atoms with Gasteiger partial charge in [-0.15, -0.1) is 0 Å². The Morgan fingerprint density at radius 1 is 1.15 bits per heavy atom. The summed E-state index contributed by atoms with van der Waals surface area (Å²) in [4.78, 5) is 0. The highest BCUT2D eigenvalue weighted by atomic mass is 35.5. The molecule has 1 N–H and O–H groups in total. The summed E-state index contributed by atoms with van der Waals surface area (Å²) in [5.41, 5.74) is 2.55. The van der Waals surface area contributed by atoms with E-state index in [-0.39, 0.29) is 11.9 Å². The van der Waals surface area contributed by atoms with E-state index in [9.17, 15) is 4.39 Å². The van der Waals surface area contributed by atoms with Gasteiger partial charge in [-0.1, -0.05) is 36.7 Å². The van der Waals surface area contributed by atoms with Crippen LogP contribution in [0.1, 0.15) is 31.9 Å². The fourth-order valence-corrected chi connectivity index (χ4v) is 2.27. The average Bonchev–Trinajstić information content (AvgIpc) is 2.46. The van der Waals surface area contributed by atoms with E-state index in [1.807, 2.05) is 24.3 Å². The van der Waals surface area contributed by atoms with Gasteiger partial charge in [0.25, 0.3) is 0 Å². The van der Waals surface area contributed by atoms with E-state index in [4.69, 9.17) is 11.6 Å². The minimum Gasteiger partial charge on any atom is -0.310 e. The van der Waals surface area contributed by atoms with Gasteiger partial charge >= 0.3 is 0 Å². The van der Waals surface area contributed by atoms with Crippen LogP contribution in [0.2, 0.25) is 5.02 Å². The molecule has 1 nitrogen and oxygen atoms in total. The molecule has 0 aliphatic heterocycles. The second kappa shape index (κ2) is 6.87. The van der Waals surface area contributed by atoms with Crippen molar-refractivity contribution in [2.24, 2.45) is 0 Å². The molecule has 1 unspecified atom stereocenters. The first-order chi connectivity index (χ1) is 9.61. The van der Waals surface area contributed by atoms with E-state index in [0.717, 1.165) is 24.1 Å². The van der Waals surface area contributed by atoms with E-state index < -0.39 is 0 Å². The molecule has 0 bridgehead atoms. The Morgan fingerprint density at radius 2 is 1.85 bits per heavy atom. The lowest BCUT2D eigenvalue weighted by molar-refractivity contribution is 0.568. The molecule has 0 saturated heterocycles. The molecule has 0 radical (unpaired) electrons. The Bertz CT molecular complexity index is 566. The first kappa shape index (κ1) is 15.0. The van der Waals surface area contributed by atoms with Gasteiger partial charge in [-0.3, -0.25) is 0 Å². The van der Waals surface area contributed by atoms with Crippen LogP contribution in [0.3, 0.4) is 0 Å². The third-order valence-corrected chi connectivity index (χ3v) is 3.60. The molecular weight excluding hydrogens is 273 g/mol. The molecule has 0 heterocycles. The zero-order valence-electron chi connectivity index (χ0n) is 11.8. The summed E-state index contributed by atoms with van der Waals surface area (Å²) in [6.45, 7) is 5.17. The highest BCUT2D eigenvalue weighted by Crippen LogP contribution is 2.27. The summed E-state index contributed by atoms with van der Waals surface area (Å²) in [6.07, 6.45) is 1.08. The molecule has 2 rings (SSSR count). The molecule has 106 valence electrons. The molecule has 0 aliphatic carbocycles. The summed E-state index contributed by atoms with van der Waals surface area (Å²) in [5, 5.41) is 4.07. The SMILES string of the molecule is CCCNC(C)c1ccc(F)c(-c2ccc(Cl)cc2)c1. The van der Waals surface area contributed by atoms with E-state index >= 15 is 0 Å². The van der Waals surface area contributed by atoms with Crippen molar-refractivity contribution in [1.29, 1.82) is 0 Å². The van der Waals surface area contributed by atoms with Crippen molar-refractivity contribution in [3.05, 3.63) is 58.9 Å². The maximum absolute atomic E-state index is 14.0. The Labute approximate surface area is 124 Å². The van der Waals surface area contributed by atoms with Gasteiger partial charge in [-0.05, 0) is 55.3 Å². The molecule has 1 atom stereocenters. The van der Waals surface area contributed by atoms with Gasteiger partial charge in [0.15, 0.2) is 0 Å². The number of hydrogen-bond acceptors (Lipinski definition) is 1. The van der Waals surface area contributed by atoms with Crippen LogP contribution in [0.5, 0.6) is 0 Å². The van der Waals surface area contributed by atoms with Gasteiger partial charge in [0.05, 0.1) is 0 Å². The van der Waals surface area contributed by atoms with Crippen LogP contribution in [-0.2, 0) is 0 Å². The van der Waals surface area contributed by atoms with Crippen LogP contribution in [0.4, 0.5) is 4.39 Å². The molecule has 0 aliphatic rings. The van der Waals surface area contributed by atoms with Crippen molar-refractivity contribution in [2.45, 2.75) is 26.3 Å². The molecule has 2 aromatic rings. The maximum Gasteiger partial charge on any atom is 0.131 e. The van der Waals surface area contributed by atoms with Crippen molar-refractivity contribution in [3.63, 3.8) is 0 Å². The van der Waals surface area contributed by atoms with Gasteiger partial charge in [-0.2, -0.15) is 0 Å². The Morgan fingerprint density at radius 3 is 2.50 bits per heavy atom. The summed E-state index contributed by atoms with van der Waals surface area (Å²) in [6, 6.07) is 12.7. The van der Waals surface area contributed by atoms with Gasteiger partial charge in [0.1, 0.15) is 5.82 Å². The smallest absolute Gasteiger partial charge is 0.131 e. The van der Waals surface area contributed by atoms with E-state index in [1.165, 1.54) is 6.07 Å². The maximum atomic E-state index is 14.0. The lowest BCUT2D eigenvalue weighted by Crippen LogP contribution is -2.19. The van der Waals surface area contributed by atoms with Crippen LogP contribution in [0, 0.1) is 5.82 Å². The molecule has 0 spiro atoms. The molecule has 2 aromatic carbocycles. The zero-order chi connectivity index (χ0) is 14.5. The zero-order valence-corrected chi connectivity index (χ0v) is 12.5. The normalized spacial score (nSPS) is 12.4. The van der Waals surface area contributed by atoms with E-state index in [2.05, 4.69) is 19.2 Å². The van der Waals surface area contributed by atoms with Crippen molar-refractivity contribution in [1.82, 2.24) is 5.32 Å². The van der Waals surface area contributed by atoms with Gasteiger partial charge in [0.2, 0.25) is 0 Å². The number of halogens is 2. The van der Waals surface area contributed by atoms with Crippen LogP contribution < -0.4 is 5.32 Å². The summed E-state index contributed by atoms with van der Waals surface area (Å²) >= 11 is 5.87. The van der Waals surface area contributed by atoms with E-state index in [0.29, 0.717) is 10.6 Å². The Hall–Kier alpha value is -1.38. The quantitative estimate of drug-likeness (QED) is 0.797. The molecule has 0 fully saturated rings. The Balaban J connectivity index is 2.31. The van der Waals surface area contributed by atoms with Crippen molar-refractivity contribution >= 4 is 11.6 Å².